The van der Waals surface area contributed by atoms with E-state index in [1.54, 1.807) is 30.9 Å². The molecule has 16 heteroatoms. The number of allylic oxidation sites excluding steroid dienone is 4. The maximum atomic E-state index is 14.5. The van der Waals surface area contributed by atoms with E-state index in [1.165, 1.54) is 19.1 Å². The van der Waals surface area contributed by atoms with Gasteiger partial charge in [-0.2, -0.15) is 0 Å². The van der Waals surface area contributed by atoms with Gasteiger partial charge in [-0.25, -0.2) is 9.59 Å². The summed E-state index contributed by atoms with van der Waals surface area (Å²) in [6, 6.07) is -1.16. The standard InChI is InChI=1S/C50H79N3O13/c1-31-25-32(2)27-42(62-7)45-43(63-8)29-34(4)50(61,66-45)46(57)47(58)53-19-11-9-14-39(53)48(59)65-44(35(5)40(55)30-41(56)37(26-31)13-10-12-24-54)33(3)28-36-15-17-38(18-16-36)64-49(60)52-22-20-51(6)21-23-52/h10,12,26,28,32,34-40,42-45,54-55,61H,9,11,13-25,27,29-30H2,1-8H3/b12-10+,31-26+,33-28+/t32-,34+,35+,36?,37+,38?,39-,40-,42-,43-,44+,45+,50+/m0/s1. The number of likely N-dealkylation sites (N-methyl/N-ethyl adjacent to an activating group) is 1. The van der Waals surface area contributed by atoms with E-state index in [1.807, 2.05) is 40.0 Å². The van der Waals surface area contributed by atoms with Crippen molar-refractivity contribution in [3.05, 3.63) is 35.5 Å². The van der Waals surface area contributed by atoms with Crippen LogP contribution in [0.1, 0.15) is 112 Å². The van der Waals surface area contributed by atoms with Gasteiger partial charge in [0.2, 0.25) is 5.79 Å². The van der Waals surface area contributed by atoms with Crippen molar-refractivity contribution in [1.29, 1.82) is 0 Å². The zero-order valence-corrected chi connectivity index (χ0v) is 40.7. The Hall–Kier alpha value is -3.51. The summed E-state index contributed by atoms with van der Waals surface area (Å²) in [6.07, 6.45) is 7.69. The fraction of sp³-hybridized carbons (Fsp3) is 0.780. The van der Waals surface area contributed by atoms with Gasteiger partial charge in [-0.15, -0.1) is 0 Å². The molecule has 2 amide bonds. The van der Waals surface area contributed by atoms with E-state index < -0.39 is 77.8 Å². The summed E-state index contributed by atoms with van der Waals surface area (Å²) in [5.41, 5.74) is 1.59. The van der Waals surface area contributed by atoms with Gasteiger partial charge in [0.1, 0.15) is 30.1 Å². The molecule has 0 unspecified atom stereocenters. The van der Waals surface area contributed by atoms with E-state index in [2.05, 4.69) is 4.90 Å². The first-order valence-corrected chi connectivity index (χ1v) is 24.4. The minimum absolute atomic E-state index is 0.0273. The van der Waals surface area contributed by atoms with Gasteiger partial charge >= 0.3 is 12.1 Å². The van der Waals surface area contributed by atoms with Crippen molar-refractivity contribution >= 4 is 29.5 Å². The fourth-order valence-corrected chi connectivity index (χ4v) is 10.6. The first-order chi connectivity index (χ1) is 31.4. The van der Waals surface area contributed by atoms with Crippen LogP contribution in [0.2, 0.25) is 0 Å². The second-order valence-electron chi connectivity index (χ2n) is 19.9. The van der Waals surface area contributed by atoms with Crippen molar-refractivity contribution in [3.63, 3.8) is 0 Å². The lowest BCUT2D eigenvalue weighted by Gasteiger charge is -2.47. The Morgan fingerprint density at radius 1 is 0.909 bits per heavy atom. The van der Waals surface area contributed by atoms with Gasteiger partial charge in [0.15, 0.2) is 0 Å². The SMILES string of the molecule is CO[C@H]1C[C@@H](C)C/C(C)=C/[C@@H](C/C=C/CO)C(=O)C[C@H](O)[C@@H](C)[C@@H](/C(C)=C/C2CCC(OC(=O)N3CCN(C)CC3)CC2)OC(=O)[C@@H]2CCCCN2C(=O)C(=O)[C@]2(O)O[C@H]1[C@@H](OC)C[C@H]2C. The van der Waals surface area contributed by atoms with Gasteiger partial charge in [-0.1, -0.05) is 50.6 Å². The quantitative estimate of drug-likeness (QED) is 0.171. The van der Waals surface area contributed by atoms with Gasteiger partial charge in [0, 0.05) is 71.1 Å². The number of piperidine rings is 1. The number of fused-ring (bicyclic) bond motifs is 3. The van der Waals surface area contributed by atoms with E-state index in [4.69, 9.17) is 23.7 Å². The highest BCUT2D eigenvalue weighted by Crippen LogP contribution is 2.39. The number of carbonyl (C=O) groups excluding carboxylic acids is 5. The van der Waals surface area contributed by atoms with Crippen molar-refractivity contribution in [3.8, 4) is 0 Å². The van der Waals surface area contributed by atoms with Crippen LogP contribution in [0.5, 0.6) is 0 Å². The molecule has 4 aliphatic heterocycles. The van der Waals surface area contributed by atoms with Crippen LogP contribution in [0.15, 0.2) is 35.5 Å². The molecule has 1 aliphatic carbocycles. The number of carbonyl (C=O) groups is 5. The Bertz CT molecular complexity index is 1750. The Kier molecular flexibility index (Phi) is 20.0. The molecular weight excluding hydrogens is 851 g/mol. The Morgan fingerprint density at radius 3 is 2.23 bits per heavy atom. The van der Waals surface area contributed by atoms with Crippen LogP contribution in [0.4, 0.5) is 4.79 Å². The van der Waals surface area contributed by atoms with Gasteiger partial charge in [-0.3, -0.25) is 14.4 Å². The molecule has 3 N–H and O–H groups in total. The van der Waals surface area contributed by atoms with Crippen molar-refractivity contribution in [1.82, 2.24) is 14.7 Å². The van der Waals surface area contributed by atoms with Gasteiger partial charge in [-0.05, 0) is 109 Å². The Morgan fingerprint density at radius 2 is 1.58 bits per heavy atom. The van der Waals surface area contributed by atoms with Crippen molar-refractivity contribution in [2.24, 2.45) is 29.6 Å². The number of ether oxygens (including phenoxy) is 5. The first kappa shape index (κ1) is 53.4. The number of ketones is 2. The number of nitrogens with zero attached hydrogens (tertiary/aromatic N) is 3. The molecule has 5 aliphatic rings. The van der Waals surface area contributed by atoms with Crippen LogP contribution in [0.3, 0.4) is 0 Å². The molecule has 372 valence electrons. The second-order valence-corrected chi connectivity index (χ2v) is 19.9. The number of aliphatic hydroxyl groups is 3. The predicted molar refractivity (Wildman–Crippen MR) is 246 cm³/mol. The number of rotatable bonds is 8. The van der Waals surface area contributed by atoms with E-state index in [0.717, 1.165) is 31.5 Å². The predicted octanol–water partition coefficient (Wildman–Crippen LogP) is 4.77. The lowest BCUT2D eigenvalue weighted by molar-refractivity contribution is -0.302. The van der Waals surface area contributed by atoms with Crippen LogP contribution in [-0.2, 0) is 42.9 Å². The minimum atomic E-state index is -2.53. The number of esters is 1. The van der Waals surface area contributed by atoms with Crippen molar-refractivity contribution < 1.29 is 63.0 Å². The molecule has 0 aromatic heterocycles. The number of Topliss-reactive ketones (excluding diaryl/α,β-unsaturated/α-hetero) is 2. The van der Waals surface area contributed by atoms with Crippen molar-refractivity contribution in [2.45, 2.75) is 160 Å². The molecule has 1 saturated carbocycles. The van der Waals surface area contributed by atoms with Crippen LogP contribution in [-0.4, -0.2) is 169 Å². The maximum absolute atomic E-state index is 14.5. The molecule has 3 saturated heterocycles. The molecule has 5 rings (SSSR count). The molecule has 4 fully saturated rings. The summed E-state index contributed by atoms with van der Waals surface area (Å²) in [5, 5.41) is 33.5. The second kappa shape index (κ2) is 24.7. The number of hydrogen-bond donors (Lipinski definition) is 3. The molecule has 0 spiro atoms. The van der Waals surface area contributed by atoms with E-state index in [-0.39, 0.29) is 62.2 Å². The molecule has 11 atom stereocenters. The highest BCUT2D eigenvalue weighted by Gasteiger charge is 2.56. The highest BCUT2D eigenvalue weighted by molar-refractivity contribution is 6.39. The summed E-state index contributed by atoms with van der Waals surface area (Å²) in [5.74, 6) is -7.94. The normalized spacial score (nSPS) is 37.7. The summed E-state index contributed by atoms with van der Waals surface area (Å²) in [7, 11) is 5.07. The first-order valence-electron chi connectivity index (χ1n) is 24.4. The zero-order valence-electron chi connectivity index (χ0n) is 40.7. The van der Waals surface area contributed by atoms with Gasteiger partial charge in [0.05, 0.1) is 24.9 Å². The van der Waals surface area contributed by atoms with Crippen LogP contribution in [0, 0.1) is 29.6 Å². The molecule has 0 aromatic rings. The average Bonchev–Trinajstić information content (AvgIpc) is 3.30. The number of methoxy groups -OCH3 is 2. The number of hydrogen-bond acceptors (Lipinski definition) is 14. The number of aliphatic hydroxyl groups excluding tert-OH is 2. The fourth-order valence-electron chi connectivity index (χ4n) is 10.6. The monoisotopic (exact) mass is 930 g/mol. The topological polar surface area (TPSA) is 202 Å². The lowest BCUT2D eigenvalue weighted by Crippen LogP contribution is -2.64. The average molecular weight is 930 g/mol. The number of cyclic esters (lactones) is 1. The number of amides is 2. The molecular formula is C50H79N3O13. The largest absolute Gasteiger partial charge is 0.456 e. The third-order valence-electron chi connectivity index (χ3n) is 14.8. The summed E-state index contributed by atoms with van der Waals surface area (Å²) in [6.45, 7) is 11.9. The molecule has 2 bridgehead atoms. The summed E-state index contributed by atoms with van der Waals surface area (Å²) >= 11 is 0. The summed E-state index contributed by atoms with van der Waals surface area (Å²) < 4.78 is 30.3. The number of piperazine rings is 1. The van der Waals surface area contributed by atoms with Gasteiger partial charge in [0.25, 0.3) is 11.7 Å². The molecule has 16 nitrogen and oxygen atoms in total. The van der Waals surface area contributed by atoms with Gasteiger partial charge < -0.3 is 53.7 Å². The zero-order chi connectivity index (χ0) is 48.3. The Labute approximate surface area is 392 Å². The minimum Gasteiger partial charge on any atom is -0.456 e. The summed E-state index contributed by atoms with van der Waals surface area (Å²) in [4.78, 5) is 75.4. The van der Waals surface area contributed by atoms with Crippen LogP contribution in [0.25, 0.3) is 0 Å². The molecule has 4 heterocycles. The Balaban J connectivity index is 1.46. The van der Waals surface area contributed by atoms with E-state index in [9.17, 15) is 39.3 Å². The highest BCUT2D eigenvalue weighted by atomic mass is 16.7. The van der Waals surface area contributed by atoms with E-state index >= 15 is 0 Å². The van der Waals surface area contributed by atoms with Crippen LogP contribution < -0.4 is 0 Å². The molecule has 66 heavy (non-hydrogen) atoms. The third kappa shape index (κ3) is 13.6. The third-order valence-corrected chi connectivity index (χ3v) is 14.8. The van der Waals surface area contributed by atoms with Crippen LogP contribution >= 0.6 is 0 Å². The van der Waals surface area contributed by atoms with Crippen molar-refractivity contribution in [2.75, 3.05) is 60.6 Å². The maximum Gasteiger partial charge on any atom is 0.410 e. The lowest BCUT2D eigenvalue weighted by atomic mass is 9.82. The molecule has 0 aromatic carbocycles. The van der Waals surface area contributed by atoms with E-state index in [0.29, 0.717) is 63.6 Å². The smallest absolute Gasteiger partial charge is 0.410 e. The molecule has 0 radical (unpaired) electrons.